The molecule has 0 heterocycles. The van der Waals surface area contributed by atoms with Crippen molar-refractivity contribution in [3.63, 3.8) is 0 Å². The van der Waals surface area contributed by atoms with Crippen molar-refractivity contribution < 1.29 is 26.2 Å². The molecule has 0 spiro atoms. The van der Waals surface area contributed by atoms with Gasteiger partial charge in [-0.1, -0.05) is 89.9 Å². The van der Waals surface area contributed by atoms with E-state index < -0.39 is 0 Å². The smallest absolute Gasteiger partial charge is 0.358 e. The summed E-state index contributed by atoms with van der Waals surface area (Å²) in [6, 6.07) is 0. The van der Waals surface area contributed by atoms with Gasteiger partial charge in [0.2, 0.25) is 0 Å². The summed E-state index contributed by atoms with van der Waals surface area (Å²) in [5.74, 6) is 4.66. The van der Waals surface area contributed by atoms with Crippen LogP contribution < -0.4 is 0 Å². The number of fused-ring (bicyclic) bond motifs is 2. The molecule has 0 N–H and O–H groups in total. The molecule has 4 rings (SSSR count). The van der Waals surface area contributed by atoms with Gasteiger partial charge in [-0.25, -0.2) is 0 Å². The molecule has 0 nitrogen and oxygen atoms in total. The summed E-state index contributed by atoms with van der Waals surface area (Å²) < 4.78 is 0. The Labute approximate surface area is 154 Å². The first-order chi connectivity index (χ1) is 8.93. The molecule has 0 aromatic heterocycles. The first-order valence-corrected chi connectivity index (χ1v) is 8.93. The zero-order valence-electron chi connectivity index (χ0n) is 14.7. The van der Waals surface area contributed by atoms with E-state index in [1.54, 1.807) is 51.4 Å². The summed E-state index contributed by atoms with van der Waals surface area (Å²) in [7, 11) is 0. The van der Waals surface area contributed by atoms with Gasteiger partial charge in [-0.15, -0.1) is 0 Å². The van der Waals surface area contributed by atoms with Gasteiger partial charge in [0, 0.05) is 0 Å². The van der Waals surface area contributed by atoms with Crippen molar-refractivity contribution in [1.29, 1.82) is 0 Å². The van der Waals surface area contributed by atoms with Gasteiger partial charge >= 0.3 is 26.2 Å². The molecule has 122 valence electrons. The third-order valence-electron chi connectivity index (χ3n) is 6.43. The molecule has 4 saturated carbocycles. The Morgan fingerprint density at radius 3 is 0.762 bits per heavy atom. The molecule has 4 unspecified atom stereocenters. The molecular weight excluding hydrogens is 331 g/mol. The number of hydrogen-bond acceptors (Lipinski definition) is 0. The predicted octanol–water partition coefficient (Wildman–Crippen LogP) is 6.85. The minimum atomic E-state index is 0. The third kappa shape index (κ3) is 6.12. The van der Waals surface area contributed by atoms with E-state index in [1.807, 2.05) is 0 Å². The normalized spacial score (nSPS) is 36.6. The summed E-state index contributed by atoms with van der Waals surface area (Å²) in [5.41, 5.74) is 0. The fourth-order valence-corrected chi connectivity index (χ4v) is 5.37. The van der Waals surface area contributed by atoms with Gasteiger partial charge in [-0.05, 0) is 23.7 Å². The molecule has 0 bridgehead atoms. The van der Waals surface area contributed by atoms with E-state index in [0.717, 1.165) is 0 Å². The molecule has 4 aliphatic rings. The first-order valence-electron chi connectivity index (χ1n) is 8.93. The van der Waals surface area contributed by atoms with Crippen molar-refractivity contribution in [2.75, 3.05) is 0 Å². The van der Waals surface area contributed by atoms with Crippen molar-refractivity contribution in [2.45, 2.75) is 89.9 Å². The van der Waals surface area contributed by atoms with Crippen LogP contribution in [0.4, 0.5) is 0 Å². The quantitative estimate of drug-likeness (QED) is 0.409. The molecule has 0 saturated heterocycles. The van der Waals surface area contributed by atoms with Crippen molar-refractivity contribution in [3.05, 3.63) is 14.9 Å². The minimum Gasteiger partial charge on any atom is -0.358 e. The zero-order chi connectivity index (χ0) is 12.2. The zero-order valence-corrected chi connectivity index (χ0v) is 17.2. The van der Waals surface area contributed by atoms with Crippen LogP contribution >= 0.6 is 0 Å². The average molecular weight is 370 g/mol. The molecular formula is C20H38Zr. The maximum Gasteiger partial charge on any atom is 2.00 e. The Hall–Kier alpha value is 0.883. The second-order valence-electron chi connectivity index (χ2n) is 7.47. The van der Waals surface area contributed by atoms with E-state index in [1.165, 1.54) is 62.2 Å². The summed E-state index contributed by atoms with van der Waals surface area (Å²) in [6.07, 6.45) is 21.7. The molecule has 4 atom stereocenters. The fraction of sp³-hybridized carbons (Fsp3) is 0.900. The molecule has 21 heavy (non-hydrogen) atoms. The first kappa shape index (κ1) is 21.9. The second kappa shape index (κ2) is 11.4. The van der Waals surface area contributed by atoms with Crippen LogP contribution in [-0.4, -0.2) is 0 Å². The Morgan fingerprint density at radius 1 is 0.333 bits per heavy atom. The van der Waals surface area contributed by atoms with Crippen LogP contribution in [0, 0.1) is 38.5 Å². The molecule has 1 heteroatoms. The van der Waals surface area contributed by atoms with Gasteiger partial charge in [0.1, 0.15) is 0 Å². The minimum absolute atomic E-state index is 0. The van der Waals surface area contributed by atoms with Crippen LogP contribution in [0.2, 0.25) is 0 Å². The Bertz CT molecular complexity index is 200. The van der Waals surface area contributed by atoms with E-state index >= 15 is 0 Å². The summed E-state index contributed by atoms with van der Waals surface area (Å²) >= 11 is 0. The van der Waals surface area contributed by atoms with Gasteiger partial charge in [0.25, 0.3) is 0 Å². The van der Waals surface area contributed by atoms with Gasteiger partial charge in [-0.3, -0.25) is 0 Å². The van der Waals surface area contributed by atoms with Gasteiger partial charge in [0.05, 0.1) is 0 Å². The fourth-order valence-electron chi connectivity index (χ4n) is 5.37. The van der Waals surface area contributed by atoms with E-state index in [-0.39, 0.29) is 41.1 Å². The molecule has 4 fully saturated rings. The van der Waals surface area contributed by atoms with E-state index in [9.17, 15) is 0 Å². The van der Waals surface area contributed by atoms with Crippen LogP contribution in [0.1, 0.15) is 89.9 Å². The topological polar surface area (TPSA) is 0 Å². The largest absolute Gasteiger partial charge is 2.00 e. The Balaban J connectivity index is 0.000000333. The molecule has 4 aliphatic carbocycles. The maximum absolute atomic E-state index is 1.56. The van der Waals surface area contributed by atoms with E-state index in [0.29, 0.717) is 0 Å². The predicted molar refractivity (Wildman–Crippen MR) is 91.4 cm³/mol. The third-order valence-corrected chi connectivity index (χ3v) is 6.43. The average Bonchev–Trinajstić information content (AvgIpc) is 3.08. The maximum atomic E-state index is 1.56. The molecule has 0 aromatic rings. The van der Waals surface area contributed by atoms with Crippen molar-refractivity contribution in [3.8, 4) is 0 Å². The standard InChI is InChI=1S/2C9H16.2CH3.Zr/c2*1-2-5-9-7-3-6-8(9)4-1;;;/h2*8-9H,1-7H2;2*1H3;/q;;2*-1;+2. The van der Waals surface area contributed by atoms with Gasteiger partial charge in [-0.2, -0.15) is 0 Å². The van der Waals surface area contributed by atoms with Crippen LogP contribution in [0.3, 0.4) is 0 Å². The molecule has 0 radical (unpaired) electrons. The van der Waals surface area contributed by atoms with Crippen LogP contribution in [0.5, 0.6) is 0 Å². The monoisotopic (exact) mass is 368 g/mol. The van der Waals surface area contributed by atoms with Crippen LogP contribution in [-0.2, 0) is 26.2 Å². The van der Waals surface area contributed by atoms with Crippen LogP contribution in [0.25, 0.3) is 0 Å². The van der Waals surface area contributed by atoms with Crippen LogP contribution in [0.15, 0.2) is 0 Å². The summed E-state index contributed by atoms with van der Waals surface area (Å²) in [6.45, 7) is 0. The van der Waals surface area contributed by atoms with Crippen molar-refractivity contribution >= 4 is 0 Å². The SMILES string of the molecule is C1CCC2CCCC2C1.C1CCC2CCCC2C1.[CH3-].[CH3-].[Zr+2]. The van der Waals surface area contributed by atoms with Crippen molar-refractivity contribution in [2.24, 2.45) is 23.7 Å². The second-order valence-corrected chi connectivity index (χ2v) is 7.47. The van der Waals surface area contributed by atoms with E-state index in [2.05, 4.69) is 0 Å². The van der Waals surface area contributed by atoms with E-state index in [4.69, 9.17) is 0 Å². The van der Waals surface area contributed by atoms with Gasteiger partial charge < -0.3 is 14.9 Å². The number of hydrogen-bond donors (Lipinski definition) is 0. The number of rotatable bonds is 0. The molecule has 0 aromatic carbocycles. The molecule has 0 aliphatic heterocycles. The molecule has 0 amide bonds. The Kier molecular flexibility index (Phi) is 11.9. The summed E-state index contributed by atoms with van der Waals surface area (Å²) in [4.78, 5) is 0. The Morgan fingerprint density at radius 2 is 0.524 bits per heavy atom. The summed E-state index contributed by atoms with van der Waals surface area (Å²) in [5, 5.41) is 0. The van der Waals surface area contributed by atoms with Crippen molar-refractivity contribution in [1.82, 2.24) is 0 Å². The van der Waals surface area contributed by atoms with Gasteiger partial charge in [0.15, 0.2) is 0 Å².